The van der Waals surface area contributed by atoms with Gasteiger partial charge in [0.25, 0.3) is 11.5 Å². The maximum absolute atomic E-state index is 12.8. The lowest BCUT2D eigenvalue weighted by Gasteiger charge is -2.24. The van der Waals surface area contributed by atoms with E-state index in [1.165, 1.54) is 12.1 Å². The molecule has 1 aliphatic rings. The Kier molecular flexibility index (Phi) is 4.82. The first-order chi connectivity index (χ1) is 11.1. The molecule has 8 heteroatoms. The van der Waals surface area contributed by atoms with Crippen LogP contribution >= 0.6 is 11.3 Å². The average molecular weight is 333 g/mol. The van der Waals surface area contributed by atoms with Gasteiger partial charge in [0.05, 0.1) is 17.7 Å². The van der Waals surface area contributed by atoms with Crippen molar-refractivity contribution in [2.45, 2.75) is 19.9 Å². The molecule has 1 unspecified atom stereocenters. The molecule has 3 rings (SSSR count). The molecule has 2 aromatic rings. The van der Waals surface area contributed by atoms with Gasteiger partial charge in [0.1, 0.15) is 5.69 Å². The number of nitrogens with one attached hydrogen (secondary N) is 2. The lowest BCUT2D eigenvalue weighted by molar-refractivity contribution is 0.0713. The van der Waals surface area contributed by atoms with Crippen molar-refractivity contribution in [3.63, 3.8) is 0 Å². The van der Waals surface area contributed by atoms with Crippen molar-refractivity contribution >= 4 is 17.2 Å². The fourth-order valence-electron chi connectivity index (χ4n) is 2.68. The quantitative estimate of drug-likeness (QED) is 0.844. The predicted molar refractivity (Wildman–Crippen MR) is 87.4 cm³/mol. The number of amides is 1. The van der Waals surface area contributed by atoms with Gasteiger partial charge >= 0.3 is 0 Å². The molecule has 0 spiro atoms. The maximum atomic E-state index is 12.8. The molecule has 23 heavy (non-hydrogen) atoms. The molecule has 0 bridgehead atoms. The zero-order valence-corrected chi connectivity index (χ0v) is 13.7. The van der Waals surface area contributed by atoms with Crippen LogP contribution in [0.4, 0.5) is 0 Å². The third-order valence-corrected chi connectivity index (χ3v) is 4.93. The summed E-state index contributed by atoms with van der Waals surface area (Å²) in [6, 6.07) is 2.80. The first-order valence-electron chi connectivity index (χ1n) is 7.58. The molecule has 0 aliphatic carbocycles. The van der Waals surface area contributed by atoms with Crippen molar-refractivity contribution in [1.82, 2.24) is 25.4 Å². The number of aryl methyl sites for hydroxylation is 1. The standard InChI is InChI=1S/C15H19N5O2S/c1-10-13(23-9-17-10)8-20(7-11-4-5-16-6-11)15(22)12-2-3-14(21)19-18-12/h2-3,9,11,16H,4-8H2,1H3,(H,19,21). The van der Waals surface area contributed by atoms with E-state index in [2.05, 4.69) is 20.5 Å². The minimum atomic E-state index is -0.314. The molecule has 2 aromatic heterocycles. The molecule has 1 amide bonds. The monoisotopic (exact) mass is 333 g/mol. The van der Waals surface area contributed by atoms with Gasteiger partial charge < -0.3 is 10.2 Å². The number of thiazole rings is 1. The van der Waals surface area contributed by atoms with Crippen molar-refractivity contribution in [1.29, 1.82) is 0 Å². The number of carbonyl (C=O) groups is 1. The minimum Gasteiger partial charge on any atom is -0.332 e. The Bertz CT molecular complexity index is 715. The molecule has 1 aliphatic heterocycles. The van der Waals surface area contributed by atoms with Crippen molar-refractivity contribution in [3.05, 3.63) is 44.3 Å². The number of carbonyl (C=O) groups excluding carboxylic acids is 1. The lowest BCUT2D eigenvalue weighted by Crippen LogP contribution is -2.36. The van der Waals surface area contributed by atoms with Gasteiger partial charge in [-0.2, -0.15) is 5.10 Å². The number of rotatable bonds is 5. The Balaban J connectivity index is 1.80. The van der Waals surface area contributed by atoms with E-state index >= 15 is 0 Å². The summed E-state index contributed by atoms with van der Waals surface area (Å²) in [5, 5.41) is 9.52. The van der Waals surface area contributed by atoms with E-state index in [0.29, 0.717) is 19.0 Å². The predicted octanol–water partition coefficient (Wildman–Crippen LogP) is 0.787. The molecule has 0 saturated carbocycles. The maximum Gasteiger partial charge on any atom is 0.274 e. The van der Waals surface area contributed by atoms with E-state index in [9.17, 15) is 9.59 Å². The summed E-state index contributed by atoms with van der Waals surface area (Å²) in [6.07, 6.45) is 1.06. The number of aromatic nitrogens is 3. The van der Waals surface area contributed by atoms with Gasteiger partial charge in [-0.05, 0) is 38.4 Å². The summed E-state index contributed by atoms with van der Waals surface area (Å²) in [7, 11) is 0. The van der Waals surface area contributed by atoms with E-state index in [-0.39, 0.29) is 17.2 Å². The fraction of sp³-hybridized carbons (Fsp3) is 0.467. The Hall–Kier alpha value is -2.06. The van der Waals surface area contributed by atoms with Crippen LogP contribution in [0.2, 0.25) is 0 Å². The van der Waals surface area contributed by atoms with E-state index < -0.39 is 0 Å². The number of hydrogen-bond acceptors (Lipinski definition) is 6. The van der Waals surface area contributed by atoms with Crippen molar-refractivity contribution in [2.24, 2.45) is 5.92 Å². The zero-order chi connectivity index (χ0) is 16.2. The van der Waals surface area contributed by atoms with Gasteiger partial charge in [-0.3, -0.25) is 9.59 Å². The fourth-order valence-corrected chi connectivity index (χ4v) is 3.47. The highest BCUT2D eigenvalue weighted by atomic mass is 32.1. The minimum absolute atomic E-state index is 0.166. The molecule has 7 nitrogen and oxygen atoms in total. The zero-order valence-electron chi connectivity index (χ0n) is 12.9. The van der Waals surface area contributed by atoms with Crippen molar-refractivity contribution < 1.29 is 4.79 Å². The SMILES string of the molecule is Cc1ncsc1CN(CC1CCNC1)C(=O)c1ccc(=O)[nH]n1. The van der Waals surface area contributed by atoms with E-state index in [0.717, 1.165) is 30.1 Å². The van der Waals surface area contributed by atoms with Gasteiger partial charge in [0, 0.05) is 17.5 Å². The largest absolute Gasteiger partial charge is 0.332 e. The third-order valence-electron chi connectivity index (χ3n) is 4.01. The molecule has 1 fully saturated rings. The highest BCUT2D eigenvalue weighted by Crippen LogP contribution is 2.19. The summed E-state index contributed by atoms with van der Waals surface area (Å²) in [5.74, 6) is 0.274. The van der Waals surface area contributed by atoms with Gasteiger partial charge in [0.15, 0.2) is 0 Å². The molecule has 0 radical (unpaired) electrons. The van der Waals surface area contributed by atoms with Crippen LogP contribution in [0.25, 0.3) is 0 Å². The Morgan fingerprint density at radius 2 is 2.35 bits per heavy atom. The Morgan fingerprint density at radius 3 is 2.96 bits per heavy atom. The molecule has 2 N–H and O–H groups in total. The lowest BCUT2D eigenvalue weighted by atomic mass is 10.1. The van der Waals surface area contributed by atoms with Crippen LogP contribution in [0.15, 0.2) is 22.4 Å². The molecule has 0 aromatic carbocycles. The van der Waals surface area contributed by atoms with Gasteiger partial charge in [-0.1, -0.05) is 0 Å². The normalized spacial score (nSPS) is 17.3. The summed E-state index contributed by atoms with van der Waals surface area (Å²) < 4.78 is 0. The van der Waals surface area contributed by atoms with Crippen LogP contribution in [-0.4, -0.2) is 45.6 Å². The van der Waals surface area contributed by atoms with Crippen LogP contribution in [-0.2, 0) is 6.54 Å². The molecular weight excluding hydrogens is 314 g/mol. The summed E-state index contributed by atoms with van der Waals surface area (Å²) >= 11 is 1.55. The van der Waals surface area contributed by atoms with Gasteiger partial charge in [0.2, 0.25) is 0 Å². The number of H-pyrrole nitrogens is 1. The average Bonchev–Trinajstić information content (AvgIpc) is 3.19. The highest BCUT2D eigenvalue weighted by Gasteiger charge is 2.24. The topological polar surface area (TPSA) is 91.0 Å². The van der Waals surface area contributed by atoms with Gasteiger partial charge in [-0.15, -0.1) is 11.3 Å². The van der Waals surface area contributed by atoms with Crippen molar-refractivity contribution in [3.8, 4) is 0 Å². The van der Waals surface area contributed by atoms with Crippen LogP contribution in [0.1, 0.15) is 27.5 Å². The number of aromatic amines is 1. The molecule has 122 valence electrons. The van der Waals surface area contributed by atoms with E-state index in [1.807, 2.05) is 6.92 Å². The van der Waals surface area contributed by atoms with Crippen LogP contribution in [0.5, 0.6) is 0 Å². The molecule has 3 heterocycles. The second-order valence-electron chi connectivity index (χ2n) is 5.71. The van der Waals surface area contributed by atoms with E-state index in [1.54, 1.807) is 21.7 Å². The van der Waals surface area contributed by atoms with Crippen molar-refractivity contribution in [2.75, 3.05) is 19.6 Å². The highest BCUT2D eigenvalue weighted by molar-refractivity contribution is 7.09. The molecular formula is C15H19N5O2S. The Morgan fingerprint density at radius 1 is 1.48 bits per heavy atom. The van der Waals surface area contributed by atoms with Crippen LogP contribution < -0.4 is 10.9 Å². The second kappa shape index (κ2) is 7.01. The number of hydrogen-bond donors (Lipinski definition) is 2. The molecule has 1 saturated heterocycles. The van der Waals surface area contributed by atoms with Gasteiger partial charge in [-0.25, -0.2) is 10.1 Å². The smallest absolute Gasteiger partial charge is 0.274 e. The summed E-state index contributed by atoms with van der Waals surface area (Å²) in [6.45, 7) is 5.05. The summed E-state index contributed by atoms with van der Waals surface area (Å²) in [5.41, 5.74) is 2.69. The van der Waals surface area contributed by atoms with E-state index in [4.69, 9.17) is 0 Å². The third kappa shape index (κ3) is 3.83. The first-order valence-corrected chi connectivity index (χ1v) is 8.46. The van der Waals surface area contributed by atoms with Crippen LogP contribution in [0, 0.1) is 12.8 Å². The summed E-state index contributed by atoms with van der Waals surface area (Å²) in [4.78, 5) is 31.1. The first kappa shape index (κ1) is 15.8. The second-order valence-corrected chi connectivity index (χ2v) is 6.65. The van der Waals surface area contributed by atoms with Crippen LogP contribution in [0.3, 0.4) is 0 Å². The molecule has 1 atom stereocenters. The number of nitrogens with zero attached hydrogens (tertiary/aromatic N) is 3. The Labute approximate surface area is 137 Å².